The van der Waals surface area contributed by atoms with Gasteiger partial charge < -0.3 is 4.74 Å². The normalized spacial score (nSPS) is 18.2. The summed E-state index contributed by atoms with van der Waals surface area (Å²) in [5, 5.41) is 0. The Morgan fingerprint density at radius 1 is 1.22 bits per heavy atom. The number of benzene rings is 1. The fourth-order valence-electron chi connectivity index (χ4n) is 3.00. The van der Waals surface area contributed by atoms with E-state index in [1.54, 1.807) is 13.8 Å². The van der Waals surface area contributed by atoms with Crippen molar-refractivity contribution < 1.29 is 17.9 Å². The molecule has 1 atom stereocenters. The lowest BCUT2D eigenvalue weighted by Gasteiger charge is -2.16. The summed E-state index contributed by atoms with van der Waals surface area (Å²) in [4.78, 5) is 12.3. The second kappa shape index (κ2) is 7.01. The molecule has 1 N–H and O–H groups in total. The standard InChI is InChI=1S/C17H25NO4S/c1-11-10-12(2)14(4)17(13(11)3)23(20,21)18-16(19)8-7-15-6-5-9-22-15/h10,15H,5-9H2,1-4H3,(H,18,19). The molecule has 6 heteroatoms. The Balaban J connectivity index is 2.14. The van der Waals surface area contributed by atoms with Crippen molar-refractivity contribution in [3.05, 3.63) is 28.3 Å². The van der Waals surface area contributed by atoms with Crippen LogP contribution in [0.25, 0.3) is 0 Å². The molecule has 0 saturated carbocycles. The van der Waals surface area contributed by atoms with Crippen molar-refractivity contribution in [3.63, 3.8) is 0 Å². The highest BCUT2D eigenvalue weighted by atomic mass is 32.2. The van der Waals surface area contributed by atoms with E-state index in [1.165, 1.54) is 0 Å². The van der Waals surface area contributed by atoms with Gasteiger partial charge in [0.05, 0.1) is 11.0 Å². The van der Waals surface area contributed by atoms with Gasteiger partial charge in [0.2, 0.25) is 5.91 Å². The predicted molar refractivity (Wildman–Crippen MR) is 88.9 cm³/mol. The van der Waals surface area contributed by atoms with E-state index in [4.69, 9.17) is 4.74 Å². The second-order valence-corrected chi connectivity index (χ2v) is 7.91. The largest absolute Gasteiger partial charge is 0.378 e. The molecular formula is C17H25NO4S. The molecule has 1 aliphatic heterocycles. The quantitative estimate of drug-likeness (QED) is 0.895. The molecule has 128 valence electrons. The van der Waals surface area contributed by atoms with Gasteiger partial charge in [-0.2, -0.15) is 0 Å². The number of carbonyl (C=O) groups excluding carboxylic acids is 1. The Hall–Kier alpha value is -1.40. The van der Waals surface area contributed by atoms with E-state index >= 15 is 0 Å². The smallest absolute Gasteiger partial charge is 0.264 e. The van der Waals surface area contributed by atoms with E-state index < -0.39 is 15.9 Å². The van der Waals surface area contributed by atoms with Crippen LogP contribution < -0.4 is 4.72 Å². The molecule has 1 fully saturated rings. The highest BCUT2D eigenvalue weighted by Gasteiger charge is 2.25. The van der Waals surface area contributed by atoms with Crippen LogP contribution in [-0.4, -0.2) is 27.0 Å². The molecule has 0 bridgehead atoms. The predicted octanol–water partition coefficient (Wildman–Crippen LogP) is 2.68. The summed E-state index contributed by atoms with van der Waals surface area (Å²) < 4.78 is 32.9. The van der Waals surface area contributed by atoms with Gasteiger partial charge in [-0.1, -0.05) is 6.07 Å². The molecule has 1 unspecified atom stereocenters. The molecule has 1 aliphatic rings. The van der Waals surface area contributed by atoms with Crippen molar-refractivity contribution in [2.75, 3.05) is 6.61 Å². The third-order valence-corrected chi connectivity index (χ3v) is 6.18. The maximum atomic E-state index is 12.6. The Bertz CT molecular complexity index is 678. The molecule has 1 heterocycles. The molecule has 1 amide bonds. The average Bonchev–Trinajstić information content (AvgIpc) is 2.96. The molecule has 5 nitrogen and oxygen atoms in total. The molecule has 23 heavy (non-hydrogen) atoms. The summed E-state index contributed by atoms with van der Waals surface area (Å²) in [7, 11) is -3.85. The van der Waals surface area contributed by atoms with Gasteiger partial charge in [0.1, 0.15) is 0 Å². The first-order valence-electron chi connectivity index (χ1n) is 7.97. The van der Waals surface area contributed by atoms with Gasteiger partial charge in [0.25, 0.3) is 10.0 Å². The molecule has 1 aromatic rings. The molecular weight excluding hydrogens is 314 g/mol. The lowest BCUT2D eigenvalue weighted by molar-refractivity contribution is -0.119. The van der Waals surface area contributed by atoms with E-state index in [9.17, 15) is 13.2 Å². The van der Waals surface area contributed by atoms with E-state index in [1.807, 2.05) is 19.9 Å². The minimum absolute atomic E-state index is 0.0770. The summed E-state index contributed by atoms with van der Waals surface area (Å²) >= 11 is 0. The average molecular weight is 339 g/mol. The van der Waals surface area contributed by atoms with Gasteiger partial charge in [-0.05, 0) is 69.2 Å². The van der Waals surface area contributed by atoms with E-state index in [0.29, 0.717) is 17.5 Å². The Labute approximate surface area is 138 Å². The van der Waals surface area contributed by atoms with E-state index in [2.05, 4.69) is 4.72 Å². The maximum Gasteiger partial charge on any atom is 0.264 e. The Kier molecular flexibility index (Phi) is 5.47. The highest BCUT2D eigenvalue weighted by molar-refractivity contribution is 7.90. The van der Waals surface area contributed by atoms with Gasteiger partial charge in [-0.3, -0.25) is 4.79 Å². The van der Waals surface area contributed by atoms with Crippen LogP contribution in [0.3, 0.4) is 0 Å². The summed E-state index contributed by atoms with van der Waals surface area (Å²) in [6.45, 7) is 8.02. The topological polar surface area (TPSA) is 72.5 Å². The van der Waals surface area contributed by atoms with Crippen molar-refractivity contribution in [1.82, 2.24) is 4.72 Å². The van der Waals surface area contributed by atoms with Crippen molar-refractivity contribution in [1.29, 1.82) is 0 Å². The monoisotopic (exact) mass is 339 g/mol. The van der Waals surface area contributed by atoms with Crippen LogP contribution in [0.5, 0.6) is 0 Å². The minimum Gasteiger partial charge on any atom is -0.378 e. The van der Waals surface area contributed by atoms with Crippen LogP contribution in [0, 0.1) is 27.7 Å². The van der Waals surface area contributed by atoms with Gasteiger partial charge in [0, 0.05) is 13.0 Å². The number of ether oxygens (including phenoxy) is 1. The number of hydrogen-bond acceptors (Lipinski definition) is 4. The number of amides is 1. The highest BCUT2D eigenvalue weighted by Crippen LogP contribution is 2.26. The molecule has 0 aliphatic carbocycles. The minimum atomic E-state index is -3.85. The molecule has 1 aromatic carbocycles. The molecule has 1 saturated heterocycles. The summed E-state index contributed by atoms with van der Waals surface area (Å²) in [6, 6.07) is 1.96. The molecule has 2 rings (SSSR count). The molecule has 0 spiro atoms. The number of sulfonamides is 1. The first kappa shape index (κ1) is 17.9. The lowest BCUT2D eigenvalue weighted by atomic mass is 10.0. The zero-order valence-corrected chi connectivity index (χ0v) is 15.0. The Morgan fingerprint density at radius 3 is 2.35 bits per heavy atom. The first-order valence-corrected chi connectivity index (χ1v) is 9.45. The first-order chi connectivity index (χ1) is 10.7. The van der Waals surface area contributed by atoms with Crippen LogP contribution in [0.4, 0.5) is 0 Å². The second-order valence-electron chi connectivity index (χ2n) is 6.29. The van der Waals surface area contributed by atoms with Crippen LogP contribution >= 0.6 is 0 Å². The van der Waals surface area contributed by atoms with Crippen molar-refractivity contribution in [2.45, 2.75) is 64.4 Å². The third-order valence-electron chi connectivity index (χ3n) is 4.53. The van der Waals surface area contributed by atoms with Crippen LogP contribution in [0.1, 0.15) is 47.9 Å². The number of aryl methyl sites for hydroxylation is 2. The van der Waals surface area contributed by atoms with Crippen molar-refractivity contribution in [2.24, 2.45) is 0 Å². The number of carbonyl (C=O) groups is 1. The van der Waals surface area contributed by atoms with Gasteiger partial charge in [0.15, 0.2) is 0 Å². The van der Waals surface area contributed by atoms with Crippen molar-refractivity contribution in [3.8, 4) is 0 Å². The lowest BCUT2D eigenvalue weighted by Crippen LogP contribution is -2.32. The van der Waals surface area contributed by atoms with Crippen LogP contribution in [0.2, 0.25) is 0 Å². The number of hydrogen-bond donors (Lipinski definition) is 1. The maximum absolute atomic E-state index is 12.6. The van der Waals surface area contributed by atoms with Crippen LogP contribution in [0.15, 0.2) is 11.0 Å². The summed E-state index contributed by atoms with van der Waals surface area (Å²) in [5.41, 5.74) is 3.18. The van der Waals surface area contributed by atoms with Gasteiger partial charge >= 0.3 is 0 Å². The zero-order chi connectivity index (χ0) is 17.2. The summed E-state index contributed by atoms with van der Waals surface area (Å²) in [6.07, 6.45) is 2.74. The fraction of sp³-hybridized carbons (Fsp3) is 0.588. The zero-order valence-electron chi connectivity index (χ0n) is 14.2. The Morgan fingerprint density at radius 2 is 1.83 bits per heavy atom. The molecule has 0 radical (unpaired) electrons. The molecule has 0 aromatic heterocycles. The van der Waals surface area contributed by atoms with E-state index in [-0.39, 0.29) is 17.4 Å². The van der Waals surface area contributed by atoms with E-state index in [0.717, 1.165) is 30.6 Å². The SMILES string of the molecule is Cc1cc(C)c(C)c(S(=O)(=O)NC(=O)CCC2CCCO2)c1C. The third kappa shape index (κ3) is 4.12. The van der Waals surface area contributed by atoms with Gasteiger partial charge in [-0.15, -0.1) is 0 Å². The number of rotatable bonds is 5. The fourth-order valence-corrected chi connectivity index (χ4v) is 4.63. The number of nitrogens with one attached hydrogen (secondary N) is 1. The summed E-state index contributed by atoms with van der Waals surface area (Å²) in [5.74, 6) is -0.474. The van der Waals surface area contributed by atoms with Crippen molar-refractivity contribution >= 4 is 15.9 Å². The van der Waals surface area contributed by atoms with Gasteiger partial charge in [-0.25, -0.2) is 13.1 Å². The van der Waals surface area contributed by atoms with Crippen LogP contribution in [-0.2, 0) is 19.6 Å².